The Bertz CT molecular complexity index is 681. The first-order valence-electron chi connectivity index (χ1n) is 5.96. The van der Waals surface area contributed by atoms with E-state index in [4.69, 9.17) is 5.14 Å². The molecule has 0 amide bonds. The fraction of sp³-hybridized carbons (Fsp3) is 0.231. The number of benzene rings is 1. The molecule has 0 spiro atoms. The van der Waals surface area contributed by atoms with Crippen LogP contribution in [0, 0.1) is 0 Å². The SMILES string of the molecule is CC(NCc1ccc(Br)s1)c1ccc(S(N)(=O)=O)cc1. The quantitative estimate of drug-likeness (QED) is 0.844. The average Bonchev–Trinajstić information content (AvgIpc) is 2.81. The van der Waals surface area contributed by atoms with Crippen molar-refractivity contribution >= 4 is 37.3 Å². The zero-order valence-corrected chi connectivity index (χ0v) is 14.1. The van der Waals surface area contributed by atoms with Gasteiger partial charge in [0, 0.05) is 17.5 Å². The van der Waals surface area contributed by atoms with E-state index in [9.17, 15) is 8.42 Å². The Kier molecular flexibility index (Phi) is 4.98. The maximum Gasteiger partial charge on any atom is 0.238 e. The van der Waals surface area contributed by atoms with E-state index in [1.54, 1.807) is 23.5 Å². The molecule has 4 nitrogen and oxygen atoms in total. The van der Waals surface area contributed by atoms with Crippen LogP contribution in [0.5, 0.6) is 0 Å². The highest BCUT2D eigenvalue weighted by molar-refractivity contribution is 9.11. The molecule has 0 saturated heterocycles. The minimum Gasteiger partial charge on any atom is -0.305 e. The van der Waals surface area contributed by atoms with Crippen LogP contribution in [0.4, 0.5) is 0 Å². The van der Waals surface area contributed by atoms with Crippen LogP contribution < -0.4 is 10.5 Å². The van der Waals surface area contributed by atoms with Gasteiger partial charge in [-0.3, -0.25) is 0 Å². The monoisotopic (exact) mass is 374 g/mol. The van der Waals surface area contributed by atoms with Gasteiger partial charge in [0.15, 0.2) is 0 Å². The number of hydrogen-bond donors (Lipinski definition) is 2. The van der Waals surface area contributed by atoms with Crippen molar-refractivity contribution in [1.82, 2.24) is 5.32 Å². The Labute approximate surface area is 131 Å². The van der Waals surface area contributed by atoms with Gasteiger partial charge in [-0.25, -0.2) is 13.6 Å². The van der Waals surface area contributed by atoms with Crippen molar-refractivity contribution in [2.75, 3.05) is 0 Å². The number of halogens is 1. The summed E-state index contributed by atoms with van der Waals surface area (Å²) in [5.74, 6) is 0. The maximum absolute atomic E-state index is 11.2. The first-order valence-corrected chi connectivity index (χ1v) is 9.12. The first-order chi connectivity index (χ1) is 9.36. The van der Waals surface area contributed by atoms with Crippen LogP contribution in [0.1, 0.15) is 23.4 Å². The van der Waals surface area contributed by atoms with Crippen LogP contribution in [0.25, 0.3) is 0 Å². The van der Waals surface area contributed by atoms with Gasteiger partial charge in [0.1, 0.15) is 0 Å². The van der Waals surface area contributed by atoms with Gasteiger partial charge in [0.05, 0.1) is 8.68 Å². The summed E-state index contributed by atoms with van der Waals surface area (Å²) in [5.41, 5.74) is 1.02. The van der Waals surface area contributed by atoms with Gasteiger partial charge in [-0.15, -0.1) is 11.3 Å². The van der Waals surface area contributed by atoms with E-state index >= 15 is 0 Å². The summed E-state index contributed by atoms with van der Waals surface area (Å²) in [4.78, 5) is 1.38. The van der Waals surface area contributed by atoms with Crippen LogP contribution in [0.2, 0.25) is 0 Å². The van der Waals surface area contributed by atoms with Crippen molar-refractivity contribution in [3.8, 4) is 0 Å². The second kappa shape index (κ2) is 6.36. The number of nitrogens with two attached hydrogens (primary N) is 1. The van der Waals surface area contributed by atoms with Crippen molar-refractivity contribution in [2.45, 2.75) is 24.4 Å². The summed E-state index contributed by atoms with van der Waals surface area (Å²) in [6, 6.07) is 10.8. The average molecular weight is 375 g/mol. The number of rotatable bonds is 5. The minimum atomic E-state index is -3.62. The second-order valence-corrected chi connectivity index (χ2v) is 8.53. The number of hydrogen-bond acceptors (Lipinski definition) is 4. The normalized spacial score (nSPS) is 13.3. The molecule has 0 aliphatic rings. The summed E-state index contributed by atoms with van der Waals surface area (Å²) in [5, 5.41) is 8.47. The molecule has 1 heterocycles. The standard InChI is InChI=1S/C13H15BrN2O2S2/c1-9(16-8-11-4-7-13(14)19-11)10-2-5-12(6-3-10)20(15,17)18/h2-7,9,16H,8H2,1H3,(H2,15,17,18). The highest BCUT2D eigenvalue weighted by atomic mass is 79.9. The lowest BCUT2D eigenvalue weighted by molar-refractivity contribution is 0.577. The third-order valence-electron chi connectivity index (χ3n) is 2.92. The molecule has 3 N–H and O–H groups in total. The zero-order valence-electron chi connectivity index (χ0n) is 10.8. The van der Waals surface area contributed by atoms with Crippen LogP contribution in [-0.2, 0) is 16.6 Å². The highest BCUT2D eigenvalue weighted by Crippen LogP contribution is 2.23. The summed E-state index contributed by atoms with van der Waals surface area (Å²) in [6.45, 7) is 2.81. The Balaban J connectivity index is 2.00. The second-order valence-electron chi connectivity index (χ2n) is 4.42. The molecule has 1 unspecified atom stereocenters. The molecule has 0 radical (unpaired) electrons. The molecule has 0 aliphatic heterocycles. The molecule has 2 rings (SSSR count). The summed E-state index contributed by atoms with van der Waals surface area (Å²) in [7, 11) is -3.62. The summed E-state index contributed by atoms with van der Waals surface area (Å²) >= 11 is 5.12. The van der Waals surface area contributed by atoms with Crippen molar-refractivity contribution in [2.24, 2.45) is 5.14 Å². The molecule has 0 aliphatic carbocycles. The lowest BCUT2D eigenvalue weighted by Crippen LogP contribution is -2.18. The Morgan fingerprint density at radius 3 is 2.40 bits per heavy atom. The molecule has 1 aromatic heterocycles. The predicted octanol–water partition coefficient (Wildman–Crippen LogP) is 3.01. The molecule has 0 fully saturated rings. The first kappa shape index (κ1) is 15.7. The molecule has 0 saturated carbocycles. The number of nitrogens with one attached hydrogen (secondary N) is 1. The summed E-state index contributed by atoms with van der Waals surface area (Å²) in [6.07, 6.45) is 0. The minimum absolute atomic E-state index is 0.130. The lowest BCUT2D eigenvalue weighted by atomic mass is 10.1. The fourth-order valence-corrected chi connectivity index (χ4v) is 3.71. The smallest absolute Gasteiger partial charge is 0.238 e. The van der Waals surface area contributed by atoms with Crippen LogP contribution in [0.3, 0.4) is 0 Å². The van der Waals surface area contributed by atoms with E-state index in [0.717, 1.165) is 15.9 Å². The molecule has 20 heavy (non-hydrogen) atoms. The largest absolute Gasteiger partial charge is 0.305 e. The molecule has 2 aromatic rings. The van der Waals surface area contributed by atoms with Crippen LogP contribution in [-0.4, -0.2) is 8.42 Å². The molecule has 108 valence electrons. The molecule has 7 heteroatoms. The fourth-order valence-electron chi connectivity index (χ4n) is 1.76. The Hall–Kier alpha value is -0.730. The van der Waals surface area contributed by atoms with Crippen molar-refractivity contribution in [1.29, 1.82) is 0 Å². The molecule has 0 bridgehead atoms. The van der Waals surface area contributed by atoms with Gasteiger partial charge in [-0.2, -0.15) is 0 Å². The van der Waals surface area contributed by atoms with E-state index < -0.39 is 10.0 Å². The predicted molar refractivity (Wildman–Crippen MR) is 85.1 cm³/mol. The van der Waals surface area contributed by atoms with Crippen LogP contribution in [0.15, 0.2) is 45.1 Å². The van der Waals surface area contributed by atoms with E-state index in [2.05, 4.69) is 27.3 Å². The van der Waals surface area contributed by atoms with Gasteiger partial charge >= 0.3 is 0 Å². The van der Waals surface area contributed by atoms with E-state index in [1.165, 1.54) is 17.0 Å². The van der Waals surface area contributed by atoms with Gasteiger partial charge in [0.25, 0.3) is 0 Å². The van der Waals surface area contributed by atoms with Gasteiger partial charge in [0.2, 0.25) is 10.0 Å². The lowest BCUT2D eigenvalue weighted by Gasteiger charge is -2.14. The zero-order chi connectivity index (χ0) is 14.8. The molecule has 1 aromatic carbocycles. The van der Waals surface area contributed by atoms with Crippen LogP contribution >= 0.6 is 27.3 Å². The Morgan fingerprint density at radius 1 is 1.25 bits per heavy atom. The van der Waals surface area contributed by atoms with Gasteiger partial charge in [-0.05, 0) is 52.7 Å². The number of sulfonamides is 1. The third kappa shape index (κ3) is 4.13. The van der Waals surface area contributed by atoms with Gasteiger partial charge < -0.3 is 5.32 Å². The van der Waals surface area contributed by atoms with Crippen molar-refractivity contribution in [3.05, 3.63) is 50.6 Å². The number of thiophene rings is 1. The van der Waals surface area contributed by atoms with E-state index in [0.29, 0.717) is 0 Å². The van der Waals surface area contributed by atoms with Gasteiger partial charge in [-0.1, -0.05) is 12.1 Å². The van der Waals surface area contributed by atoms with E-state index in [-0.39, 0.29) is 10.9 Å². The molecule has 1 atom stereocenters. The Morgan fingerprint density at radius 2 is 1.90 bits per heavy atom. The summed E-state index contributed by atoms with van der Waals surface area (Å²) < 4.78 is 23.5. The van der Waals surface area contributed by atoms with E-state index in [1.807, 2.05) is 13.0 Å². The topological polar surface area (TPSA) is 72.2 Å². The molecular formula is C13H15BrN2O2S2. The third-order valence-corrected chi connectivity index (χ3v) is 5.47. The van der Waals surface area contributed by atoms with Crippen molar-refractivity contribution in [3.63, 3.8) is 0 Å². The maximum atomic E-state index is 11.2. The highest BCUT2D eigenvalue weighted by Gasteiger charge is 2.10. The van der Waals surface area contributed by atoms with Crippen molar-refractivity contribution < 1.29 is 8.42 Å². The molecular weight excluding hydrogens is 360 g/mol. The number of primary sulfonamides is 1.